The lowest BCUT2D eigenvalue weighted by molar-refractivity contribution is -0.133. The van der Waals surface area contributed by atoms with E-state index in [1.807, 2.05) is 41.8 Å². The second kappa shape index (κ2) is 11.0. The minimum atomic E-state index is 0.169. The molecule has 2 amide bonds. The average molecular weight is 375 g/mol. The van der Waals surface area contributed by atoms with Gasteiger partial charge in [-0.2, -0.15) is 0 Å². The van der Waals surface area contributed by atoms with E-state index in [1.165, 1.54) is 0 Å². The second-order valence-corrected chi connectivity index (χ2v) is 7.39. The lowest BCUT2D eigenvalue weighted by atomic mass is 10.1. The van der Waals surface area contributed by atoms with Crippen molar-refractivity contribution in [3.05, 3.63) is 29.3 Å². The Bertz CT molecular complexity index is 610. The van der Waals surface area contributed by atoms with Crippen LogP contribution in [0.5, 0.6) is 5.75 Å². The monoisotopic (exact) mass is 374 g/mol. The Balaban J connectivity index is 1.72. The van der Waals surface area contributed by atoms with Crippen molar-refractivity contribution in [2.75, 3.05) is 32.8 Å². The van der Waals surface area contributed by atoms with Gasteiger partial charge in [-0.3, -0.25) is 9.59 Å². The van der Waals surface area contributed by atoms with Crippen molar-refractivity contribution in [1.82, 2.24) is 9.80 Å². The molecule has 0 spiro atoms. The number of nitrogens with zero attached hydrogens (tertiary/aromatic N) is 2. The molecule has 0 N–H and O–H groups in total. The largest absolute Gasteiger partial charge is 0.493 e. The summed E-state index contributed by atoms with van der Waals surface area (Å²) in [7, 11) is 0. The Morgan fingerprint density at radius 1 is 0.926 bits per heavy atom. The molecule has 0 aromatic heterocycles. The van der Waals surface area contributed by atoms with Crippen LogP contribution < -0.4 is 4.74 Å². The van der Waals surface area contributed by atoms with E-state index >= 15 is 0 Å². The van der Waals surface area contributed by atoms with Crippen LogP contribution in [-0.2, 0) is 9.59 Å². The first-order chi connectivity index (χ1) is 13.0. The lowest BCUT2D eigenvalue weighted by Gasteiger charge is -2.22. The topological polar surface area (TPSA) is 49.9 Å². The molecular formula is C22H34N2O3. The molecule has 1 fully saturated rings. The van der Waals surface area contributed by atoms with E-state index in [4.69, 9.17) is 4.74 Å². The summed E-state index contributed by atoms with van der Waals surface area (Å²) >= 11 is 0. The lowest BCUT2D eigenvalue weighted by Crippen LogP contribution is -2.37. The van der Waals surface area contributed by atoms with Crippen molar-refractivity contribution in [2.24, 2.45) is 0 Å². The highest BCUT2D eigenvalue weighted by molar-refractivity contribution is 5.77. The zero-order chi connectivity index (χ0) is 19.6. The number of ether oxygens (including phenoxy) is 1. The van der Waals surface area contributed by atoms with E-state index in [-0.39, 0.29) is 11.8 Å². The molecule has 1 aromatic carbocycles. The van der Waals surface area contributed by atoms with E-state index < -0.39 is 0 Å². The number of aryl methyl sites for hydroxylation is 2. The number of benzene rings is 1. The molecule has 0 saturated carbocycles. The number of carbonyl (C=O) groups is 2. The van der Waals surface area contributed by atoms with Crippen LogP contribution in [0.3, 0.4) is 0 Å². The molecule has 1 aromatic rings. The van der Waals surface area contributed by atoms with Crippen molar-refractivity contribution in [2.45, 2.75) is 59.3 Å². The molecule has 0 radical (unpaired) electrons. The van der Waals surface area contributed by atoms with Crippen molar-refractivity contribution < 1.29 is 14.3 Å². The smallest absolute Gasteiger partial charge is 0.222 e. The molecule has 1 saturated heterocycles. The predicted molar refractivity (Wildman–Crippen MR) is 108 cm³/mol. The number of carbonyl (C=O) groups excluding carboxylic acids is 2. The van der Waals surface area contributed by atoms with E-state index in [0.29, 0.717) is 39.0 Å². The second-order valence-electron chi connectivity index (χ2n) is 7.39. The number of amides is 2. The summed E-state index contributed by atoms with van der Waals surface area (Å²) in [4.78, 5) is 28.5. The standard InChI is InChI=1S/C22H34N2O3/c1-4-5-11-20(25)23-13-8-14-24(16-15-23)21(26)12-7-17-27-22-18(2)9-6-10-19(22)3/h6,9-10H,4-5,7-8,11-17H2,1-3H3. The highest BCUT2D eigenvalue weighted by atomic mass is 16.5. The fourth-order valence-electron chi connectivity index (χ4n) is 3.48. The van der Waals surface area contributed by atoms with Gasteiger partial charge in [0.1, 0.15) is 5.75 Å². The van der Waals surface area contributed by atoms with Gasteiger partial charge in [-0.1, -0.05) is 31.5 Å². The zero-order valence-corrected chi connectivity index (χ0v) is 17.1. The summed E-state index contributed by atoms with van der Waals surface area (Å²) in [5.41, 5.74) is 2.25. The molecule has 1 aliphatic heterocycles. The van der Waals surface area contributed by atoms with Crippen molar-refractivity contribution in [3.63, 3.8) is 0 Å². The zero-order valence-electron chi connectivity index (χ0n) is 17.1. The number of rotatable bonds is 8. The molecule has 150 valence electrons. The van der Waals surface area contributed by atoms with Gasteiger partial charge in [0.25, 0.3) is 0 Å². The van der Waals surface area contributed by atoms with Crippen LogP contribution in [-0.4, -0.2) is 54.4 Å². The molecule has 0 atom stereocenters. The Kier molecular flexibility index (Phi) is 8.62. The van der Waals surface area contributed by atoms with E-state index in [9.17, 15) is 9.59 Å². The molecule has 0 unspecified atom stereocenters. The highest BCUT2D eigenvalue weighted by Crippen LogP contribution is 2.22. The maximum absolute atomic E-state index is 12.5. The normalized spacial score (nSPS) is 14.8. The number of para-hydroxylation sites is 1. The molecular weight excluding hydrogens is 340 g/mol. The maximum atomic E-state index is 12.5. The summed E-state index contributed by atoms with van der Waals surface area (Å²) in [6.07, 6.45) is 4.67. The number of unbranched alkanes of at least 4 members (excludes halogenated alkanes) is 1. The Morgan fingerprint density at radius 3 is 2.04 bits per heavy atom. The molecule has 5 heteroatoms. The van der Waals surface area contributed by atoms with Crippen LogP contribution in [0.15, 0.2) is 18.2 Å². The van der Waals surface area contributed by atoms with Gasteiger partial charge in [0.2, 0.25) is 11.8 Å². The van der Waals surface area contributed by atoms with Crippen LogP contribution in [0.4, 0.5) is 0 Å². The molecule has 1 heterocycles. The van der Waals surface area contributed by atoms with E-state index in [2.05, 4.69) is 6.92 Å². The van der Waals surface area contributed by atoms with Crippen molar-refractivity contribution >= 4 is 11.8 Å². The first-order valence-electron chi connectivity index (χ1n) is 10.3. The van der Waals surface area contributed by atoms with Gasteiger partial charge in [-0.05, 0) is 44.2 Å². The molecule has 0 aliphatic carbocycles. The minimum absolute atomic E-state index is 0.169. The average Bonchev–Trinajstić information content (AvgIpc) is 2.91. The fraction of sp³-hybridized carbons (Fsp3) is 0.636. The molecule has 5 nitrogen and oxygen atoms in total. The van der Waals surface area contributed by atoms with Gasteiger partial charge >= 0.3 is 0 Å². The Morgan fingerprint density at radius 2 is 1.48 bits per heavy atom. The summed E-state index contributed by atoms with van der Waals surface area (Å²) in [6, 6.07) is 6.10. The third-order valence-electron chi connectivity index (χ3n) is 5.14. The summed E-state index contributed by atoms with van der Waals surface area (Å²) in [5, 5.41) is 0. The van der Waals surface area contributed by atoms with Crippen LogP contribution in [0.1, 0.15) is 56.6 Å². The Labute approximate surface area is 163 Å². The molecule has 27 heavy (non-hydrogen) atoms. The van der Waals surface area contributed by atoms with E-state index in [1.54, 1.807) is 0 Å². The third-order valence-corrected chi connectivity index (χ3v) is 5.14. The minimum Gasteiger partial charge on any atom is -0.493 e. The first kappa shape index (κ1) is 21.3. The molecule has 1 aliphatic rings. The van der Waals surface area contributed by atoms with Crippen LogP contribution in [0, 0.1) is 13.8 Å². The van der Waals surface area contributed by atoms with Gasteiger partial charge in [-0.25, -0.2) is 0 Å². The van der Waals surface area contributed by atoms with Gasteiger partial charge in [0.05, 0.1) is 6.61 Å². The third kappa shape index (κ3) is 6.56. The summed E-state index contributed by atoms with van der Waals surface area (Å²) < 4.78 is 5.89. The first-order valence-corrected chi connectivity index (χ1v) is 10.3. The number of hydrogen-bond acceptors (Lipinski definition) is 3. The van der Waals surface area contributed by atoms with Crippen LogP contribution in [0.2, 0.25) is 0 Å². The molecule has 0 bridgehead atoms. The van der Waals surface area contributed by atoms with Crippen molar-refractivity contribution in [1.29, 1.82) is 0 Å². The van der Waals surface area contributed by atoms with Crippen molar-refractivity contribution in [3.8, 4) is 5.75 Å². The van der Waals surface area contributed by atoms with Crippen LogP contribution in [0.25, 0.3) is 0 Å². The van der Waals surface area contributed by atoms with Gasteiger partial charge < -0.3 is 14.5 Å². The van der Waals surface area contributed by atoms with Gasteiger partial charge in [-0.15, -0.1) is 0 Å². The Hall–Kier alpha value is -2.04. The van der Waals surface area contributed by atoms with E-state index in [0.717, 1.165) is 49.2 Å². The summed E-state index contributed by atoms with van der Waals surface area (Å²) in [6.45, 7) is 9.54. The maximum Gasteiger partial charge on any atom is 0.222 e. The van der Waals surface area contributed by atoms with Crippen LogP contribution >= 0.6 is 0 Å². The predicted octanol–water partition coefficient (Wildman–Crippen LogP) is 3.71. The number of hydrogen-bond donors (Lipinski definition) is 0. The summed E-state index contributed by atoms with van der Waals surface area (Å²) in [5.74, 6) is 1.33. The quantitative estimate of drug-likeness (QED) is 0.652. The van der Waals surface area contributed by atoms with Gasteiger partial charge in [0, 0.05) is 39.0 Å². The fourth-order valence-corrected chi connectivity index (χ4v) is 3.48. The molecule has 2 rings (SSSR count). The van der Waals surface area contributed by atoms with Gasteiger partial charge in [0.15, 0.2) is 0 Å². The SMILES string of the molecule is CCCCC(=O)N1CCCN(C(=O)CCCOc2c(C)cccc2C)CC1. The highest BCUT2D eigenvalue weighted by Gasteiger charge is 2.21.